The number of carbonyl (C=O) groups excluding carboxylic acids is 1. The van der Waals surface area contributed by atoms with E-state index in [1.165, 1.54) is 0 Å². The molecule has 1 heterocycles. The highest BCUT2D eigenvalue weighted by Gasteiger charge is 2.08. The Morgan fingerprint density at radius 2 is 2.33 bits per heavy atom. The van der Waals surface area contributed by atoms with Gasteiger partial charge in [0.2, 0.25) is 5.88 Å². The average Bonchev–Trinajstić information content (AvgIpc) is 2.27. The van der Waals surface area contributed by atoms with Crippen LogP contribution in [0.4, 0.5) is 0 Å². The van der Waals surface area contributed by atoms with Crippen LogP contribution in [0.1, 0.15) is 6.92 Å². The van der Waals surface area contributed by atoms with Crippen LogP contribution in [0.25, 0.3) is 0 Å². The predicted octanol–water partition coefficient (Wildman–Crippen LogP) is 1.58. The van der Waals surface area contributed by atoms with Crippen molar-refractivity contribution in [2.45, 2.75) is 6.92 Å². The van der Waals surface area contributed by atoms with Crippen molar-refractivity contribution in [1.82, 2.24) is 4.98 Å². The summed E-state index contributed by atoms with van der Waals surface area (Å²) in [6, 6.07) is 5.29. The van der Waals surface area contributed by atoms with Crippen LogP contribution in [0.3, 0.4) is 0 Å². The van der Waals surface area contributed by atoms with Crippen molar-refractivity contribution >= 4 is 5.97 Å². The molecule has 1 rings (SSSR count). The molecule has 0 saturated heterocycles. The van der Waals surface area contributed by atoms with Crippen molar-refractivity contribution in [1.29, 1.82) is 0 Å². The number of ether oxygens (including phenoxy) is 2. The van der Waals surface area contributed by atoms with Crippen molar-refractivity contribution in [3.8, 4) is 5.88 Å². The van der Waals surface area contributed by atoms with E-state index in [0.29, 0.717) is 12.5 Å². The Morgan fingerprint density at radius 1 is 1.53 bits per heavy atom. The molecule has 0 aromatic carbocycles. The van der Waals surface area contributed by atoms with Gasteiger partial charge in [-0.1, -0.05) is 12.6 Å². The monoisotopic (exact) mass is 207 g/mol. The van der Waals surface area contributed by atoms with Gasteiger partial charge in [0.25, 0.3) is 0 Å². The lowest BCUT2D eigenvalue weighted by atomic mass is 10.3. The molecule has 0 spiro atoms. The van der Waals surface area contributed by atoms with Crippen LogP contribution in [0.5, 0.6) is 5.88 Å². The molecule has 0 radical (unpaired) electrons. The number of carbonyl (C=O) groups is 1. The van der Waals surface area contributed by atoms with Crippen molar-refractivity contribution in [2.75, 3.05) is 13.2 Å². The number of hydrogen-bond donors (Lipinski definition) is 0. The summed E-state index contributed by atoms with van der Waals surface area (Å²) in [4.78, 5) is 15.1. The zero-order valence-corrected chi connectivity index (χ0v) is 8.60. The quantitative estimate of drug-likeness (QED) is 0.543. The van der Waals surface area contributed by atoms with Gasteiger partial charge in [-0.05, 0) is 13.0 Å². The molecule has 0 atom stereocenters. The van der Waals surface area contributed by atoms with Gasteiger partial charge in [0.1, 0.15) is 6.61 Å². The van der Waals surface area contributed by atoms with E-state index in [4.69, 9.17) is 9.47 Å². The second-order valence-corrected chi connectivity index (χ2v) is 2.78. The van der Waals surface area contributed by atoms with E-state index >= 15 is 0 Å². The first-order chi connectivity index (χ1) is 7.24. The average molecular weight is 207 g/mol. The molecule has 0 unspecified atom stereocenters. The third-order valence-electron chi connectivity index (χ3n) is 1.60. The van der Waals surface area contributed by atoms with Crippen LogP contribution < -0.4 is 4.74 Å². The zero-order valence-electron chi connectivity index (χ0n) is 8.60. The first-order valence-electron chi connectivity index (χ1n) is 4.62. The molecule has 0 bridgehead atoms. The van der Waals surface area contributed by atoms with E-state index in [0.717, 1.165) is 0 Å². The number of rotatable bonds is 5. The SMILES string of the molecule is C=C(COc1ccccn1)C(=O)OCC. The van der Waals surface area contributed by atoms with Crippen LogP contribution in [-0.2, 0) is 9.53 Å². The molecular weight excluding hydrogens is 194 g/mol. The molecule has 0 N–H and O–H groups in total. The van der Waals surface area contributed by atoms with Gasteiger partial charge in [0.05, 0.1) is 12.2 Å². The molecule has 0 aliphatic carbocycles. The molecule has 1 aromatic heterocycles. The Balaban J connectivity index is 2.38. The molecule has 4 nitrogen and oxygen atoms in total. The predicted molar refractivity (Wildman–Crippen MR) is 55.5 cm³/mol. The van der Waals surface area contributed by atoms with E-state index < -0.39 is 5.97 Å². The fourth-order valence-corrected chi connectivity index (χ4v) is 0.886. The first-order valence-corrected chi connectivity index (χ1v) is 4.62. The van der Waals surface area contributed by atoms with Gasteiger partial charge in [0, 0.05) is 12.3 Å². The lowest BCUT2D eigenvalue weighted by molar-refractivity contribution is -0.138. The number of esters is 1. The van der Waals surface area contributed by atoms with Gasteiger partial charge in [-0.25, -0.2) is 9.78 Å². The highest BCUT2D eigenvalue weighted by molar-refractivity contribution is 5.87. The molecule has 1 aromatic rings. The number of hydrogen-bond acceptors (Lipinski definition) is 4. The minimum absolute atomic E-state index is 0.0931. The maximum atomic E-state index is 11.1. The van der Waals surface area contributed by atoms with Gasteiger partial charge in [0.15, 0.2) is 0 Å². The Kier molecular flexibility index (Phi) is 4.34. The van der Waals surface area contributed by atoms with E-state index in [9.17, 15) is 4.79 Å². The molecule has 0 saturated carbocycles. The number of nitrogens with zero attached hydrogens (tertiary/aromatic N) is 1. The topological polar surface area (TPSA) is 48.4 Å². The summed E-state index contributed by atoms with van der Waals surface area (Å²) in [6.45, 7) is 5.73. The van der Waals surface area contributed by atoms with Gasteiger partial charge in [-0.15, -0.1) is 0 Å². The third kappa shape index (κ3) is 3.81. The second-order valence-electron chi connectivity index (χ2n) is 2.78. The van der Waals surface area contributed by atoms with Gasteiger partial charge >= 0.3 is 5.97 Å². The lowest BCUT2D eigenvalue weighted by Crippen LogP contribution is -2.13. The minimum atomic E-state index is -0.437. The van der Waals surface area contributed by atoms with Gasteiger partial charge < -0.3 is 9.47 Å². The van der Waals surface area contributed by atoms with E-state index in [1.54, 1.807) is 31.3 Å². The molecule has 0 fully saturated rings. The van der Waals surface area contributed by atoms with Crippen LogP contribution in [0.15, 0.2) is 36.5 Å². The molecule has 0 aliphatic heterocycles. The number of aromatic nitrogens is 1. The van der Waals surface area contributed by atoms with Gasteiger partial charge in [-0.3, -0.25) is 0 Å². The summed E-state index contributed by atoms with van der Waals surface area (Å²) >= 11 is 0. The lowest BCUT2D eigenvalue weighted by Gasteiger charge is -2.06. The third-order valence-corrected chi connectivity index (χ3v) is 1.60. The van der Waals surface area contributed by atoms with Crippen LogP contribution >= 0.6 is 0 Å². The normalized spacial score (nSPS) is 9.40. The molecular formula is C11H13NO3. The van der Waals surface area contributed by atoms with Crippen molar-refractivity contribution < 1.29 is 14.3 Å². The van der Waals surface area contributed by atoms with Crippen molar-refractivity contribution in [2.24, 2.45) is 0 Å². The molecule has 15 heavy (non-hydrogen) atoms. The Morgan fingerprint density at radius 3 is 2.93 bits per heavy atom. The fraction of sp³-hybridized carbons (Fsp3) is 0.273. The molecule has 0 amide bonds. The van der Waals surface area contributed by atoms with Crippen LogP contribution in [0.2, 0.25) is 0 Å². The fourth-order valence-electron chi connectivity index (χ4n) is 0.886. The molecule has 80 valence electrons. The van der Waals surface area contributed by atoms with Crippen molar-refractivity contribution in [3.05, 3.63) is 36.5 Å². The highest BCUT2D eigenvalue weighted by Crippen LogP contribution is 2.05. The minimum Gasteiger partial charge on any atom is -0.473 e. The first kappa shape index (κ1) is 11.2. The molecule has 4 heteroatoms. The van der Waals surface area contributed by atoms with Crippen LogP contribution in [0, 0.1) is 0 Å². The summed E-state index contributed by atoms with van der Waals surface area (Å²) < 4.78 is 9.98. The summed E-state index contributed by atoms with van der Waals surface area (Å²) in [6.07, 6.45) is 1.61. The standard InChI is InChI=1S/C11H13NO3/c1-3-14-11(13)9(2)8-15-10-6-4-5-7-12-10/h4-7H,2-3,8H2,1H3. The summed E-state index contributed by atoms with van der Waals surface area (Å²) in [5.41, 5.74) is 0.280. The van der Waals surface area contributed by atoms with Crippen LogP contribution in [-0.4, -0.2) is 24.2 Å². The van der Waals surface area contributed by atoms with Crippen molar-refractivity contribution in [3.63, 3.8) is 0 Å². The van der Waals surface area contributed by atoms with Gasteiger partial charge in [-0.2, -0.15) is 0 Å². The van der Waals surface area contributed by atoms with E-state index in [-0.39, 0.29) is 12.2 Å². The van der Waals surface area contributed by atoms with E-state index in [1.807, 2.05) is 0 Å². The maximum absolute atomic E-state index is 11.1. The second kappa shape index (κ2) is 5.80. The Hall–Kier alpha value is -1.84. The highest BCUT2D eigenvalue weighted by atomic mass is 16.5. The largest absolute Gasteiger partial charge is 0.473 e. The molecule has 0 aliphatic rings. The van der Waals surface area contributed by atoms with E-state index in [2.05, 4.69) is 11.6 Å². The Labute approximate surface area is 88.5 Å². The smallest absolute Gasteiger partial charge is 0.336 e. The summed E-state index contributed by atoms with van der Waals surface area (Å²) in [5.74, 6) is 0.0244. The maximum Gasteiger partial charge on any atom is 0.336 e. The zero-order chi connectivity index (χ0) is 11.1. The number of pyridine rings is 1. The summed E-state index contributed by atoms with van der Waals surface area (Å²) in [7, 11) is 0. The summed E-state index contributed by atoms with van der Waals surface area (Å²) in [5, 5.41) is 0. The Bertz CT molecular complexity index is 335.